The summed E-state index contributed by atoms with van der Waals surface area (Å²) in [6.45, 7) is 2.23. The lowest BCUT2D eigenvalue weighted by molar-refractivity contribution is -0.131. The number of nitrogens with one attached hydrogen (secondary N) is 3. The van der Waals surface area contributed by atoms with Gasteiger partial charge in [0.15, 0.2) is 0 Å². The van der Waals surface area contributed by atoms with E-state index in [0.29, 0.717) is 6.54 Å². The van der Waals surface area contributed by atoms with Crippen molar-refractivity contribution in [2.24, 2.45) is 0 Å². The molecular formula is C19H21N3O3. The zero-order valence-electron chi connectivity index (χ0n) is 13.9. The number of rotatable bonds is 7. The fourth-order valence-corrected chi connectivity index (χ4v) is 2.24. The Labute approximate surface area is 146 Å². The molecule has 0 aliphatic rings. The number of carbonyl (C=O) groups is 2. The maximum absolute atomic E-state index is 12.0. The number of hydrogen-bond acceptors (Lipinski definition) is 3. The number of urea groups is 1. The highest BCUT2D eigenvalue weighted by Crippen LogP contribution is 2.12. The standard InChI is InChI=1S/C19H21N3O3/c1-14(16-10-6-3-7-11-16)21-17(12-18(23)24)22-19(25)20-13-15-8-4-2-5-9-15/h2-12,14,21H,13H2,1H3,(H,23,24)(H2,20,22,25). The smallest absolute Gasteiger partial charge is 0.331 e. The minimum Gasteiger partial charge on any atom is -0.478 e. The first-order valence-electron chi connectivity index (χ1n) is 7.89. The van der Waals surface area contributed by atoms with E-state index in [1.54, 1.807) is 0 Å². The van der Waals surface area contributed by atoms with Gasteiger partial charge in [0.2, 0.25) is 0 Å². The van der Waals surface area contributed by atoms with E-state index in [-0.39, 0.29) is 11.9 Å². The van der Waals surface area contributed by atoms with E-state index >= 15 is 0 Å². The summed E-state index contributed by atoms with van der Waals surface area (Å²) in [5, 5.41) is 17.2. The van der Waals surface area contributed by atoms with Gasteiger partial charge in [-0.15, -0.1) is 0 Å². The van der Waals surface area contributed by atoms with Gasteiger partial charge in [0.25, 0.3) is 0 Å². The molecule has 1 atom stereocenters. The molecule has 0 bridgehead atoms. The van der Waals surface area contributed by atoms with E-state index in [2.05, 4.69) is 16.0 Å². The van der Waals surface area contributed by atoms with Crippen LogP contribution in [0.3, 0.4) is 0 Å². The van der Waals surface area contributed by atoms with Crippen LogP contribution >= 0.6 is 0 Å². The summed E-state index contributed by atoms with van der Waals surface area (Å²) >= 11 is 0. The van der Waals surface area contributed by atoms with Crippen molar-refractivity contribution >= 4 is 12.0 Å². The van der Waals surface area contributed by atoms with Gasteiger partial charge in [0, 0.05) is 12.6 Å². The molecule has 6 nitrogen and oxygen atoms in total. The van der Waals surface area contributed by atoms with Gasteiger partial charge in [0.1, 0.15) is 5.82 Å². The van der Waals surface area contributed by atoms with Crippen molar-refractivity contribution in [1.29, 1.82) is 0 Å². The highest BCUT2D eigenvalue weighted by Gasteiger charge is 2.11. The monoisotopic (exact) mass is 339 g/mol. The molecule has 2 aromatic carbocycles. The maximum atomic E-state index is 12.0. The van der Waals surface area contributed by atoms with Gasteiger partial charge in [-0.25, -0.2) is 9.59 Å². The Balaban J connectivity index is 1.95. The average Bonchev–Trinajstić information content (AvgIpc) is 2.61. The Morgan fingerprint density at radius 1 is 1.04 bits per heavy atom. The number of carboxylic acid groups (broad SMARTS) is 1. The van der Waals surface area contributed by atoms with E-state index in [1.807, 2.05) is 67.6 Å². The van der Waals surface area contributed by atoms with Crippen molar-refractivity contribution in [2.75, 3.05) is 0 Å². The summed E-state index contributed by atoms with van der Waals surface area (Å²) < 4.78 is 0. The van der Waals surface area contributed by atoms with Gasteiger partial charge in [-0.05, 0) is 18.1 Å². The van der Waals surface area contributed by atoms with Crippen molar-refractivity contribution in [3.05, 3.63) is 83.7 Å². The lowest BCUT2D eigenvalue weighted by Crippen LogP contribution is -2.39. The fraction of sp³-hybridized carbons (Fsp3) is 0.158. The molecule has 0 aromatic heterocycles. The zero-order valence-corrected chi connectivity index (χ0v) is 13.9. The van der Waals surface area contributed by atoms with Crippen LogP contribution in [0.5, 0.6) is 0 Å². The molecule has 2 amide bonds. The van der Waals surface area contributed by atoms with Gasteiger partial charge in [-0.2, -0.15) is 0 Å². The summed E-state index contributed by atoms with van der Waals surface area (Å²) in [5.74, 6) is -1.03. The molecule has 0 aliphatic carbocycles. The minimum absolute atomic E-state index is 0.120. The topological polar surface area (TPSA) is 90.5 Å². The molecule has 130 valence electrons. The van der Waals surface area contributed by atoms with E-state index in [9.17, 15) is 9.59 Å². The second-order valence-electron chi connectivity index (χ2n) is 5.47. The predicted molar refractivity (Wildman–Crippen MR) is 95.5 cm³/mol. The van der Waals surface area contributed by atoms with Crippen LogP contribution in [0.2, 0.25) is 0 Å². The SMILES string of the molecule is CC(NC(=CC(=O)O)NC(=O)NCc1ccccc1)c1ccccc1. The van der Waals surface area contributed by atoms with Crippen LogP contribution in [-0.2, 0) is 11.3 Å². The van der Waals surface area contributed by atoms with Crippen LogP contribution in [0.1, 0.15) is 24.1 Å². The van der Waals surface area contributed by atoms with Crippen molar-refractivity contribution < 1.29 is 14.7 Å². The van der Waals surface area contributed by atoms with Crippen LogP contribution in [0.15, 0.2) is 72.6 Å². The van der Waals surface area contributed by atoms with Gasteiger partial charge in [0.05, 0.1) is 6.08 Å². The summed E-state index contributed by atoms with van der Waals surface area (Å²) in [7, 11) is 0. The quantitative estimate of drug-likeness (QED) is 0.584. The molecule has 0 fully saturated rings. The lowest BCUT2D eigenvalue weighted by Gasteiger charge is -2.19. The third kappa shape index (κ3) is 6.39. The average molecular weight is 339 g/mol. The van der Waals surface area contributed by atoms with Crippen molar-refractivity contribution in [2.45, 2.75) is 19.5 Å². The highest BCUT2D eigenvalue weighted by atomic mass is 16.4. The van der Waals surface area contributed by atoms with E-state index in [1.165, 1.54) is 0 Å². The Morgan fingerprint density at radius 2 is 1.64 bits per heavy atom. The molecule has 0 aliphatic heterocycles. The number of hydrogen-bond donors (Lipinski definition) is 4. The van der Waals surface area contributed by atoms with Gasteiger partial charge in [-0.3, -0.25) is 5.32 Å². The molecule has 0 saturated heterocycles. The second kappa shape index (κ2) is 9.12. The lowest BCUT2D eigenvalue weighted by atomic mass is 10.1. The van der Waals surface area contributed by atoms with Crippen LogP contribution in [0.4, 0.5) is 4.79 Å². The summed E-state index contributed by atoms with van der Waals surface area (Å²) in [6.07, 6.45) is 0.932. The number of carbonyl (C=O) groups excluding carboxylic acids is 1. The molecule has 4 N–H and O–H groups in total. The van der Waals surface area contributed by atoms with Gasteiger partial charge in [-0.1, -0.05) is 60.7 Å². The summed E-state index contributed by atoms with van der Waals surface area (Å²) in [5.41, 5.74) is 1.93. The van der Waals surface area contributed by atoms with Gasteiger partial charge >= 0.3 is 12.0 Å². The summed E-state index contributed by atoms with van der Waals surface area (Å²) in [6, 6.07) is 18.3. The molecule has 0 saturated carbocycles. The Hall–Kier alpha value is -3.28. The minimum atomic E-state index is -1.15. The van der Waals surface area contributed by atoms with E-state index in [0.717, 1.165) is 17.2 Å². The first-order valence-corrected chi connectivity index (χ1v) is 7.89. The molecule has 0 spiro atoms. The Bertz CT molecular complexity index is 730. The number of amides is 2. The molecule has 2 aromatic rings. The Morgan fingerprint density at radius 3 is 2.24 bits per heavy atom. The number of carboxylic acids is 1. The molecule has 1 unspecified atom stereocenters. The molecule has 6 heteroatoms. The number of benzene rings is 2. The maximum Gasteiger partial charge on any atom is 0.331 e. The first-order chi connectivity index (χ1) is 12.0. The molecular weight excluding hydrogens is 318 g/mol. The van der Waals surface area contributed by atoms with Crippen LogP contribution < -0.4 is 16.0 Å². The summed E-state index contributed by atoms with van der Waals surface area (Å²) in [4.78, 5) is 23.0. The van der Waals surface area contributed by atoms with Crippen LogP contribution in [-0.4, -0.2) is 17.1 Å². The second-order valence-corrected chi connectivity index (χ2v) is 5.47. The van der Waals surface area contributed by atoms with Crippen LogP contribution in [0.25, 0.3) is 0 Å². The van der Waals surface area contributed by atoms with Gasteiger partial charge < -0.3 is 15.7 Å². The molecule has 25 heavy (non-hydrogen) atoms. The van der Waals surface area contributed by atoms with Crippen molar-refractivity contribution in [1.82, 2.24) is 16.0 Å². The number of aliphatic carboxylic acids is 1. The molecule has 0 radical (unpaired) electrons. The normalized spacial score (nSPS) is 12.1. The Kier molecular flexibility index (Phi) is 6.59. The van der Waals surface area contributed by atoms with E-state index < -0.39 is 12.0 Å². The van der Waals surface area contributed by atoms with Crippen LogP contribution in [0, 0.1) is 0 Å². The van der Waals surface area contributed by atoms with Crippen molar-refractivity contribution in [3.8, 4) is 0 Å². The first kappa shape index (κ1) is 18.1. The predicted octanol–water partition coefficient (Wildman–Crippen LogP) is 2.76. The third-order valence-electron chi connectivity index (χ3n) is 3.48. The largest absolute Gasteiger partial charge is 0.478 e. The molecule has 2 rings (SSSR count). The molecule has 0 heterocycles. The van der Waals surface area contributed by atoms with Crippen molar-refractivity contribution in [3.63, 3.8) is 0 Å². The zero-order chi connectivity index (χ0) is 18.1. The highest BCUT2D eigenvalue weighted by molar-refractivity contribution is 5.83. The van der Waals surface area contributed by atoms with E-state index in [4.69, 9.17) is 5.11 Å². The fourth-order valence-electron chi connectivity index (χ4n) is 2.24. The third-order valence-corrected chi connectivity index (χ3v) is 3.48.